The van der Waals surface area contributed by atoms with Crippen molar-refractivity contribution in [2.24, 2.45) is 17.7 Å². The lowest BCUT2D eigenvalue weighted by Crippen LogP contribution is -2.30. The van der Waals surface area contributed by atoms with Crippen molar-refractivity contribution in [2.75, 3.05) is 13.1 Å². The molecule has 0 radical (unpaired) electrons. The van der Waals surface area contributed by atoms with Gasteiger partial charge in [0.2, 0.25) is 0 Å². The van der Waals surface area contributed by atoms with E-state index in [1.165, 1.54) is 0 Å². The molecule has 3 atom stereocenters. The molecule has 1 aliphatic heterocycles. The van der Waals surface area contributed by atoms with Crippen LogP contribution in [-0.2, 0) is 6.54 Å². The summed E-state index contributed by atoms with van der Waals surface area (Å²) in [7, 11) is 0. The van der Waals surface area contributed by atoms with Gasteiger partial charge in [0.05, 0.1) is 6.10 Å². The maximum atomic E-state index is 11.5. The number of carbonyl (C=O) groups is 1. The van der Waals surface area contributed by atoms with E-state index in [4.69, 9.17) is 5.84 Å². The number of likely N-dealkylation sites (tertiary alicyclic amines) is 1. The van der Waals surface area contributed by atoms with E-state index in [0.29, 0.717) is 17.4 Å². The standard InChI is InChI=1S/C15H21N3O2/c16-17-15(20)11-3-1-2-10(6-11)7-18-8-12-4-5-14(19)13(12)9-18/h1-3,6,12-14,19H,4-5,7-9,16H2,(H,17,20). The predicted molar refractivity (Wildman–Crippen MR) is 75.6 cm³/mol. The first kappa shape index (κ1) is 13.5. The van der Waals surface area contributed by atoms with Gasteiger partial charge in [-0.1, -0.05) is 12.1 Å². The minimum atomic E-state index is -0.263. The molecule has 3 rings (SSSR count). The van der Waals surface area contributed by atoms with Gasteiger partial charge in [0.25, 0.3) is 5.91 Å². The second-order valence-electron chi connectivity index (χ2n) is 5.94. The van der Waals surface area contributed by atoms with Crippen LogP contribution in [0.15, 0.2) is 24.3 Å². The molecule has 5 heteroatoms. The molecule has 2 aliphatic rings. The summed E-state index contributed by atoms with van der Waals surface area (Å²) >= 11 is 0. The lowest BCUT2D eigenvalue weighted by molar-refractivity contribution is 0.0953. The summed E-state index contributed by atoms with van der Waals surface area (Å²) in [5.74, 6) is 5.97. The van der Waals surface area contributed by atoms with Gasteiger partial charge in [-0.3, -0.25) is 15.1 Å². The number of nitrogens with two attached hydrogens (primary N) is 1. The van der Waals surface area contributed by atoms with Crippen LogP contribution in [0.1, 0.15) is 28.8 Å². The van der Waals surface area contributed by atoms with Crippen LogP contribution >= 0.6 is 0 Å². The van der Waals surface area contributed by atoms with Crippen LogP contribution in [0, 0.1) is 11.8 Å². The minimum Gasteiger partial charge on any atom is -0.393 e. The van der Waals surface area contributed by atoms with Crippen molar-refractivity contribution in [2.45, 2.75) is 25.5 Å². The molecule has 1 aromatic carbocycles. The van der Waals surface area contributed by atoms with Gasteiger partial charge in [0, 0.05) is 31.1 Å². The molecule has 1 aliphatic carbocycles. The van der Waals surface area contributed by atoms with Crippen molar-refractivity contribution in [3.05, 3.63) is 35.4 Å². The van der Waals surface area contributed by atoms with E-state index >= 15 is 0 Å². The number of hydrogen-bond acceptors (Lipinski definition) is 4. The smallest absolute Gasteiger partial charge is 0.265 e. The van der Waals surface area contributed by atoms with Crippen molar-refractivity contribution in [3.63, 3.8) is 0 Å². The molecule has 0 aromatic heterocycles. The fraction of sp³-hybridized carbons (Fsp3) is 0.533. The Hall–Kier alpha value is -1.43. The maximum Gasteiger partial charge on any atom is 0.265 e. The number of amides is 1. The highest BCUT2D eigenvalue weighted by atomic mass is 16.3. The van der Waals surface area contributed by atoms with Crippen molar-refractivity contribution >= 4 is 5.91 Å². The normalized spacial score (nSPS) is 29.4. The molecule has 0 bridgehead atoms. The fourth-order valence-corrected chi connectivity index (χ4v) is 3.61. The highest BCUT2D eigenvalue weighted by molar-refractivity contribution is 5.93. The summed E-state index contributed by atoms with van der Waals surface area (Å²) in [6, 6.07) is 7.55. The predicted octanol–water partition coefficient (Wildman–Crippen LogP) is 0.493. The fourth-order valence-electron chi connectivity index (χ4n) is 3.61. The Kier molecular flexibility index (Phi) is 3.74. The molecule has 4 N–H and O–H groups in total. The summed E-state index contributed by atoms with van der Waals surface area (Å²) in [4.78, 5) is 13.9. The third kappa shape index (κ3) is 2.57. The molecule has 1 saturated heterocycles. The molecule has 108 valence electrons. The van der Waals surface area contributed by atoms with E-state index in [0.717, 1.165) is 38.0 Å². The van der Waals surface area contributed by atoms with Crippen molar-refractivity contribution in [1.29, 1.82) is 0 Å². The SMILES string of the molecule is NNC(=O)c1cccc(CN2CC3CCC(O)C3C2)c1. The van der Waals surface area contributed by atoms with E-state index in [-0.39, 0.29) is 12.0 Å². The van der Waals surface area contributed by atoms with Gasteiger partial charge in [-0.25, -0.2) is 5.84 Å². The number of fused-ring (bicyclic) bond motifs is 1. The molecular weight excluding hydrogens is 254 g/mol. The quantitative estimate of drug-likeness (QED) is 0.426. The average molecular weight is 275 g/mol. The van der Waals surface area contributed by atoms with E-state index < -0.39 is 0 Å². The topological polar surface area (TPSA) is 78.6 Å². The molecule has 1 aromatic rings. The number of nitrogen functional groups attached to an aromatic ring is 1. The van der Waals surface area contributed by atoms with Crippen LogP contribution in [0.4, 0.5) is 0 Å². The second kappa shape index (κ2) is 5.52. The van der Waals surface area contributed by atoms with Crippen LogP contribution < -0.4 is 11.3 Å². The van der Waals surface area contributed by atoms with Gasteiger partial charge < -0.3 is 5.11 Å². The monoisotopic (exact) mass is 275 g/mol. The molecule has 1 amide bonds. The zero-order valence-corrected chi connectivity index (χ0v) is 11.5. The Morgan fingerprint density at radius 1 is 1.40 bits per heavy atom. The summed E-state index contributed by atoms with van der Waals surface area (Å²) in [5.41, 5.74) is 3.85. The second-order valence-corrected chi connectivity index (χ2v) is 5.94. The van der Waals surface area contributed by atoms with Gasteiger partial charge in [0.15, 0.2) is 0 Å². The average Bonchev–Trinajstić information content (AvgIpc) is 3.00. The number of benzene rings is 1. The zero-order valence-electron chi connectivity index (χ0n) is 11.5. The molecular formula is C15H21N3O2. The van der Waals surface area contributed by atoms with Crippen LogP contribution in [0.2, 0.25) is 0 Å². The number of carbonyl (C=O) groups excluding carboxylic acids is 1. The lowest BCUT2D eigenvalue weighted by atomic mass is 10.00. The van der Waals surface area contributed by atoms with Gasteiger partial charge in [-0.05, 0) is 36.5 Å². The lowest BCUT2D eigenvalue weighted by Gasteiger charge is -2.18. The van der Waals surface area contributed by atoms with Gasteiger partial charge >= 0.3 is 0 Å². The molecule has 1 heterocycles. The van der Waals surface area contributed by atoms with E-state index in [2.05, 4.69) is 10.3 Å². The summed E-state index contributed by atoms with van der Waals surface area (Å²) in [5, 5.41) is 9.94. The molecule has 2 fully saturated rings. The maximum absolute atomic E-state index is 11.5. The number of nitrogens with one attached hydrogen (secondary N) is 1. The van der Waals surface area contributed by atoms with Crippen molar-refractivity contribution in [1.82, 2.24) is 10.3 Å². The van der Waals surface area contributed by atoms with Crippen LogP contribution in [0.25, 0.3) is 0 Å². The number of hydrogen-bond donors (Lipinski definition) is 3. The first-order valence-electron chi connectivity index (χ1n) is 7.17. The number of aliphatic hydroxyl groups excluding tert-OH is 1. The van der Waals surface area contributed by atoms with Gasteiger partial charge in [-0.2, -0.15) is 0 Å². The number of hydrazine groups is 1. The van der Waals surface area contributed by atoms with Gasteiger partial charge in [-0.15, -0.1) is 0 Å². The van der Waals surface area contributed by atoms with Crippen LogP contribution in [-0.4, -0.2) is 35.1 Å². The molecule has 20 heavy (non-hydrogen) atoms. The Bertz CT molecular complexity index is 506. The number of aliphatic hydroxyl groups is 1. The Balaban J connectivity index is 1.66. The van der Waals surface area contributed by atoms with E-state index in [9.17, 15) is 9.90 Å². The van der Waals surface area contributed by atoms with Crippen molar-refractivity contribution < 1.29 is 9.90 Å². The van der Waals surface area contributed by atoms with Crippen LogP contribution in [0.3, 0.4) is 0 Å². The van der Waals surface area contributed by atoms with Gasteiger partial charge in [0.1, 0.15) is 0 Å². The summed E-state index contributed by atoms with van der Waals surface area (Å²) < 4.78 is 0. The summed E-state index contributed by atoms with van der Waals surface area (Å²) in [6.45, 7) is 2.83. The number of nitrogens with zero attached hydrogens (tertiary/aromatic N) is 1. The minimum absolute atomic E-state index is 0.126. The van der Waals surface area contributed by atoms with E-state index in [1.807, 2.05) is 18.2 Å². The zero-order chi connectivity index (χ0) is 14.1. The van der Waals surface area contributed by atoms with Crippen molar-refractivity contribution in [3.8, 4) is 0 Å². The Morgan fingerprint density at radius 3 is 3.00 bits per heavy atom. The highest BCUT2D eigenvalue weighted by Crippen LogP contribution is 2.38. The Morgan fingerprint density at radius 2 is 2.25 bits per heavy atom. The molecule has 1 saturated carbocycles. The first-order chi connectivity index (χ1) is 9.67. The van der Waals surface area contributed by atoms with Crippen LogP contribution in [0.5, 0.6) is 0 Å². The highest BCUT2D eigenvalue weighted by Gasteiger charge is 2.41. The Labute approximate surface area is 118 Å². The third-order valence-electron chi connectivity index (χ3n) is 4.62. The summed E-state index contributed by atoms with van der Waals surface area (Å²) in [6.07, 6.45) is 1.96. The first-order valence-corrected chi connectivity index (χ1v) is 7.17. The van der Waals surface area contributed by atoms with E-state index in [1.54, 1.807) is 6.07 Å². The number of rotatable bonds is 3. The molecule has 0 spiro atoms. The molecule has 3 unspecified atom stereocenters. The third-order valence-corrected chi connectivity index (χ3v) is 4.62. The largest absolute Gasteiger partial charge is 0.393 e. The molecule has 5 nitrogen and oxygen atoms in total.